The van der Waals surface area contributed by atoms with Crippen LogP contribution in [0.5, 0.6) is 0 Å². The molecular weight excluding hydrogens is 620 g/mol. The number of carbonyl (C=O) groups is 2. The average Bonchev–Trinajstić information content (AvgIpc) is 3.12. The number of nitrogens with zero attached hydrogens (tertiary/aromatic N) is 2. The van der Waals surface area contributed by atoms with Crippen LogP contribution in [0.15, 0.2) is 48.5 Å². The molecule has 0 spiro atoms. The lowest BCUT2D eigenvalue weighted by molar-refractivity contribution is -0.124. The van der Waals surface area contributed by atoms with Crippen molar-refractivity contribution in [3.8, 4) is 11.1 Å². The van der Waals surface area contributed by atoms with Crippen LogP contribution in [0.2, 0.25) is 0 Å². The van der Waals surface area contributed by atoms with Crippen molar-refractivity contribution in [2.24, 2.45) is 0 Å². The zero-order valence-electron chi connectivity index (χ0n) is 32.5. The van der Waals surface area contributed by atoms with E-state index in [4.69, 9.17) is 9.47 Å². The van der Waals surface area contributed by atoms with Crippen molar-refractivity contribution >= 4 is 11.6 Å². The van der Waals surface area contributed by atoms with Crippen LogP contribution in [0.25, 0.3) is 11.1 Å². The Kier molecular flexibility index (Phi) is 25.6. The van der Waals surface area contributed by atoms with E-state index in [0.29, 0.717) is 26.1 Å². The molecule has 0 saturated carbocycles. The van der Waals surface area contributed by atoms with E-state index in [1.807, 2.05) is 24.3 Å². The summed E-state index contributed by atoms with van der Waals surface area (Å²) in [6.07, 6.45) is 18.0. The molecule has 0 fully saturated rings. The maximum atomic E-state index is 12.6. The molecule has 6 nitrogen and oxygen atoms in total. The molecule has 0 saturated heterocycles. The first-order chi connectivity index (χ1) is 24.5. The van der Waals surface area contributed by atoms with Gasteiger partial charge in [-0.25, -0.2) is 0 Å². The van der Waals surface area contributed by atoms with E-state index < -0.39 is 0 Å². The lowest BCUT2D eigenvalue weighted by Crippen LogP contribution is -2.28. The molecule has 0 atom stereocenters. The van der Waals surface area contributed by atoms with Crippen LogP contribution in [0.4, 0.5) is 0 Å². The van der Waals surface area contributed by atoms with E-state index in [2.05, 4.69) is 61.8 Å². The lowest BCUT2D eigenvalue weighted by atomic mass is 10.0. The summed E-state index contributed by atoms with van der Waals surface area (Å²) in [7, 11) is 0. The van der Waals surface area contributed by atoms with E-state index in [1.54, 1.807) is 0 Å². The standard InChI is InChI=1S/C44H72N2O4/c1-5-9-13-27-45(28-14-10-6-2)31-19-25-43(47)37-49-35-39-21-17-23-41(33-39)42-24-18-22-40(34-42)36-50-38-44(48)26-20-32-46(29-15-11-7-3)30-16-12-8-4/h17-18,21-24,33-34H,5-16,19-20,25-32,35-38H2,1-4H3. The molecule has 2 aromatic rings. The van der Waals surface area contributed by atoms with Crippen molar-refractivity contribution in [3.05, 3.63) is 59.7 Å². The Morgan fingerprint density at radius 2 is 0.820 bits per heavy atom. The monoisotopic (exact) mass is 693 g/mol. The Balaban J connectivity index is 1.73. The van der Waals surface area contributed by atoms with Gasteiger partial charge in [-0.2, -0.15) is 0 Å². The Bertz CT molecular complexity index is 1040. The second-order valence-electron chi connectivity index (χ2n) is 14.2. The summed E-state index contributed by atoms with van der Waals surface area (Å²) in [5.41, 5.74) is 4.30. The number of Topliss-reactive ketones (excluding diaryl/α,β-unsaturated/α-hetero) is 2. The summed E-state index contributed by atoms with van der Waals surface area (Å²) in [6.45, 7) is 16.7. The van der Waals surface area contributed by atoms with Gasteiger partial charge < -0.3 is 19.3 Å². The number of hydrogen-bond acceptors (Lipinski definition) is 6. The molecule has 0 radical (unpaired) electrons. The van der Waals surface area contributed by atoms with Gasteiger partial charge in [0, 0.05) is 12.8 Å². The van der Waals surface area contributed by atoms with Gasteiger partial charge in [-0.3, -0.25) is 9.59 Å². The highest BCUT2D eigenvalue weighted by Gasteiger charge is 2.10. The molecule has 0 unspecified atom stereocenters. The Morgan fingerprint density at radius 3 is 1.16 bits per heavy atom. The van der Waals surface area contributed by atoms with Gasteiger partial charge in [-0.05, 0) is 112 Å². The highest BCUT2D eigenvalue weighted by Crippen LogP contribution is 2.22. The predicted octanol–water partition coefficient (Wildman–Crippen LogP) is 10.5. The van der Waals surface area contributed by atoms with E-state index >= 15 is 0 Å². The highest BCUT2D eigenvalue weighted by atomic mass is 16.5. The number of rotatable bonds is 33. The van der Waals surface area contributed by atoms with Gasteiger partial charge in [0.25, 0.3) is 0 Å². The Labute approximate surface area is 306 Å². The fourth-order valence-electron chi connectivity index (χ4n) is 6.40. The molecule has 0 aliphatic carbocycles. The van der Waals surface area contributed by atoms with Crippen LogP contribution < -0.4 is 0 Å². The molecular formula is C44H72N2O4. The molecule has 282 valence electrons. The van der Waals surface area contributed by atoms with Crippen LogP contribution >= 0.6 is 0 Å². The Morgan fingerprint density at radius 1 is 0.480 bits per heavy atom. The summed E-state index contributed by atoms with van der Waals surface area (Å²) in [5, 5.41) is 0. The van der Waals surface area contributed by atoms with E-state index in [0.717, 1.165) is 74.4 Å². The summed E-state index contributed by atoms with van der Waals surface area (Å²) in [6, 6.07) is 16.6. The topological polar surface area (TPSA) is 59.1 Å². The molecule has 0 aliphatic heterocycles. The quantitative estimate of drug-likeness (QED) is 0.0694. The zero-order valence-corrected chi connectivity index (χ0v) is 32.5. The fraction of sp³-hybridized carbons (Fsp3) is 0.682. The van der Waals surface area contributed by atoms with Gasteiger partial charge in [0.05, 0.1) is 13.2 Å². The summed E-state index contributed by atoms with van der Waals surface area (Å²) >= 11 is 0. The minimum atomic E-state index is 0.164. The lowest BCUT2D eigenvalue weighted by Gasteiger charge is -2.22. The van der Waals surface area contributed by atoms with Crippen molar-refractivity contribution < 1.29 is 19.1 Å². The van der Waals surface area contributed by atoms with Crippen LogP contribution in [-0.2, 0) is 32.3 Å². The van der Waals surface area contributed by atoms with Gasteiger partial charge in [0.15, 0.2) is 11.6 Å². The number of ketones is 2. The van der Waals surface area contributed by atoms with Crippen molar-refractivity contribution in [2.75, 3.05) is 52.5 Å². The van der Waals surface area contributed by atoms with Crippen molar-refractivity contribution in [1.82, 2.24) is 9.80 Å². The van der Waals surface area contributed by atoms with Crippen LogP contribution in [0.3, 0.4) is 0 Å². The molecule has 0 aromatic heterocycles. The number of hydrogen-bond donors (Lipinski definition) is 0. The second-order valence-corrected chi connectivity index (χ2v) is 14.2. The molecule has 0 heterocycles. The van der Waals surface area contributed by atoms with Crippen molar-refractivity contribution in [2.45, 2.75) is 144 Å². The number of benzene rings is 2. The minimum Gasteiger partial charge on any atom is -0.369 e. The first-order valence-corrected chi connectivity index (χ1v) is 20.3. The van der Waals surface area contributed by atoms with Gasteiger partial charge in [-0.1, -0.05) is 115 Å². The van der Waals surface area contributed by atoms with Gasteiger partial charge in [0.2, 0.25) is 0 Å². The molecule has 0 bridgehead atoms. The normalized spacial score (nSPS) is 11.6. The molecule has 0 amide bonds. The molecule has 50 heavy (non-hydrogen) atoms. The van der Waals surface area contributed by atoms with Gasteiger partial charge in [0.1, 0.15) is 13.2 Å². The summed E-state index contributed by atoms with van der Waals surface area (Å²) in [4.78, 5) is 30.3. The second kappa shape index (κ2) is 29.2. The average molecular weight is 693 g/mol. The molecule has 6 heteroatoms. The first-order valence-electron chi connectivity index (χ1n) is 20.3. The van der Waals surface area contributed by atoms with E-state index in [-0.39, 0.29) is 24.8 Å². The Hall–Kier alpha value is -2.38. The third kappa shape index (κ3) is 21.1. The van der Waals surface area contributed by atoms with Crippen molar-refractivity contribution in [1.29, 1.82) is 0 Å². The predicted molar refractivity (Wildman–Crippen MR) is 211 cm³/mol. The highest BCUT2D eigenvalue weighted by molar-refractivity contribution is 5.80. The van der Waals surface area contributed by atoms with E-state index in [9.17, 15) is 9.59 Å². The smallest absolute Gasteiger partial charge is 0.158 e. The zero-order chi connectivity index (χ0) is 36.1. The van der Waals surface area contributed by atoms with E-state index in [1.165, 1.54) is 77.0 Å². The number of unbranched alkanes of at least 4 members (excludes halogenated alkanes) is 8. The largest absolute Gasteiger partial charge is 0.369 e. The SMILES string of the molecule is CCCCCN(CCCCC)CCCC(=O)COCc1cccc(-c2cccc(COCC(=O)CCCN(CCCCC)CCCCC)c2)c1. The molecule has 2 rings (SSSR count). The number of carbonyl (C=O) groups excluding carboxylic acids is 2. The maximum Gasteiger partial charge on any atom is 0.158 e. The molecule has 0 N–H and O–H groups in total. The van der Waals surface area contributed by atoms with Crippen LogP contribution in [0.1, 0.15) is 142 Å². The van der Waals surface area contributed by atoms with Gasteiger partial charge >= 0.3 is 0 Å². The minimum absolute atomic E-state index is 0.164. The third-order valence-corrected chi connectivity index (χ3v) is 9.42. The van der Waals surface area contributed by atoms with Crippen LogP contribution in [0, 0.1) is 0 Å². The number of ether oxygens (including phenoxy) is 2. The maximum absolute atomic E-state index is 12.6. The fourth-order valence-corrected chi connectivity index (χ4v) is 6.40. The molecule has 0 aliphatic rings. The third-order valence-electron chi connectivity index (χ3n) is 9.42. The molecule has 2 aromatic carbocycles. The van der Waals surface area contributed by atoms with Crippen molar-refractivity contribution in [3.63, 3.8) is 0 Å². The van der Waals surface area contributed by atoms with Crippen LogP contribution in [-0.4, -0.2) is 73.8 Å². The van der Waals surface area contributed by atoms with Gasteiger partial charge in [-0.15, -0.1) is 0 Å². The first kappa shape index (κ1) is 43.8. The summed E-state index contributed by atoms with van der Waals surface area (Å²) in [5.74, 6) is 0.363. The summed E-state index contributed by atoms with van der Waals surface area (Å²) < 4.78 is 11.7.